The van der Waals surface area contributed by atoms with Crippen molar-refractivity contribution in [1.82, 2.24) is 20.4 Å². The van der Waals surface area contributed by atoms with E-state index in [-0.39, 0.29) is 24.3 Å². The van der Waals surface area contributed by atoms with Crippen molar-refractivity contribution in [3.05, 3.63) is 40.5 Å². The maximum atomic E-state index is 13.0. The zero-order valence-electron chi connectivity index (χ0n) is 14.7. The van der Waals surface area contributed by atoms with Gasteiger partial charge < -0.3 is 19.5 Å². The molecule has 2 heterocycles. The highest BCUT2D eigenvalue weighted by atomic mass is 35.5. The summed E-state index contributed by atoms with van der Waals surface area (Å²) in [5, 5.41) is 6.90. The third-order valence-corrected chi connectivity index (χ3v) is 4.68. The Labute approximate surface area is 155 Å². The summed E-state index contributed by atoms with van der Waals surface area (Å²) in [5.74, 6) is -0.0266. The van der Waals surface area contributed by atoms with Gasteiger partial charge in [-0.3, -0.25) is 9.59 Å². The van der Waals surface area contributed by atoms with Gasteiger partial charge in [-0.25, -0.2) is 0 Å². The molecule has 2 aromatic rings. The Balaban J connectivity index is 1.89. The van der Waals surface area contributed by atoms with Crippen LogP contribution < -0.4 is 10.1 Å². The molecular formula is C17H19ClN4O4. The Bertz CT molecular complexity index is 838. The van der Waals surface area contributed by atoms with E-state index in [9.17, 15) is 9.59 Å². The molecule has 1 fully saturated rings. The van der Waals surface area contributed by atoms with Crippen LogP contribution in [0.5, 0.6) is 5.75 Å². The number of carbonyl (C=O) groups excluding carboxylic acids is 2. The number of ether oxygens (including phenoxy) is 1. The molecule has 8 nitrogen and oxygen atoms in total. The van der Waals surface area contributed by atoms with Crippen molar-refractivity contribution in [3.8, 4) is 5.75 Å². The lowest BCUT2D eigenvalue weighted by atomic mass is 9.95. The number of nitrogens with zero attached hydrogens (tertiary/aromatic N) is 3. The topological polar surface area (TPSA) is 97.6 Å². The van der Waals surface area contributed by atoms with Crippen LogP contribution in [0.25, 0.3) is 0 Å². The number of hydrogen-bond donors (Lipinski definition) is 1. The van der Waals surface area contributed by atoms with Crippen molar-refractivity contribution in [2.75, 3.05) is 27.2 Å². The van der Waals surface area contributed by atoms with E-state index in [1.54, 1.807) is 37.1 Å². The van der Waals surface area contributed by atoms with Crippen molar-refractivity contribution in [1.29, 1.82) is 0 Å². The zero-order chi connectivity index (χ0) is 18.8. The minimum Gasteiger partial charge on any atom is -0.496 e. The molecule has 1 saturated heterocycles. The molecule has 0 saturated carbocycles. The fourth-order valence-electron chi connectivity index (χ4n) is 3.15. The van der Waals surface area contributed by atoms with Crippen molar-refractivity contribution >= 4 is 23.4 Å². The monoisotopic (exact) mass is 378 g/mol. The molecule has 0 unspecified atom stereocenters. The summed E-state index contributed by atoms with van der Waals surface area (Å²) in [6.07, 6.45) is 0. The second-order valence-corrected chi connectivity index (χ2v) is 6.50. The Morgan fingerprint density at radius 1 is 1.38 bits per heavy atom. The van der Waals surface area contributed by atoms with Gasteiger partial charge in [0.25, 0.3) is 5.91 Å². The number of likely N-dealkylation sites (tertiary alicyclic amines) is 1. The highest BCUT2D eigenvalue weighted by molar-refractivity contribution is 6.30. The highest BCUT2D eigenvalue weighted by Crippen LogP contribution is 2.34. The highest BCUT2D eigenvalue weighted by Gasteiger charge is 2.43. The number of rotatable bonds is 4. The fourth-order valence-corrected chi connectivity index (χ4v) is 3.31. The van der Waals surface area contributed by atoms with Crippen LogP contribution in [0.2, 0.25) is 5.02 Å². The number of carbonyl (C=O) groups is 2. The van der Waals surface area contributed by atoms with Crippen molar-refractivity contribution in [2.24, 2.45) is 5.92 Å². The summed E-state index contributed by atoms with van der Waals surface area (Å²) in [6.45, 7) is 2.25. The lowest BCUT2D eigenvalue weighted by molar-refractivity contribution is -0.124. The quantitative estimate of drug-likeness (QED) is 0.868. The van der Waals surface area contributed by atoms with Crippen molar-refractivity contribution in [2.45, 2.75) is 12.8 Å². The summed E-state index contributed by atoms with van der Waals surface area (Å²) in [5.41, 5.74) is 0.384. The van der Waals surface area contributed by atoms with Crippen molar-refractivity contribution in [3.63, 3.8) is 0 Å². The van der Waals surface area contributed by atoms with E-state index in [1.807, 2.05) is 0 Å². The minimum atomic E-state index is -0.470. The molecule has 1 aromatic heterocycles. The number of hydrogen-bond acceptors (Lipinski definition) is 6. The van der Waals surface area contributed by atoms with E-state index < -0.39 is 5.92 Å². The van der Waals surface area contributed by atoms with Gasteiger partial charge in [0, 0.05) is 25.2 Å². The van der Waals surface area contributed by atoms with Crippen LogP contribution in [-0.2, 0) is 4.79 Å². The number of nitrogens with one attached hydrogen (secondary N) is 1. The summed E-state index contributed by atoms with van der Waals surface area (Å²) in [4.78, 5) is 31.1. The predicted molar refractivity (Wildman–Crippen MR) is 93.2 cm³/mol. The first-order valence-electron chi connectivity index (χ1n) is 8.09. The number of halogens is 1. The molecule has 1 aliphatic rings. The SMILES string of the molecule is CNC(=O)[C@@H]1CN(C(=O)c2ccc(Cl)cc2OC)C[C@H]1c1nc(C)no1. The second-order valence-electron chi connectivity index (χ2n) is 6.06. The van der Waals surface area contributed by atoms with E-state index >= 15 is 0 Å². The average molecular weight is 379 g/mol. The van der Waals surface area contributed by atoms with Crippen LogP contribution in [0.3, 0.4) is 0 Å². The fraction of sp³-hybridized carbons (Fsp3) is 0.412. The molecule has 1 aliphatic heterocycles. The molecule has 0 spiro atoms. The second kappa shape index (κ2) is 7.33. The molecule has 26 heavy (non-hydrogen) atoms. The van der Waals surface area contributed by atoms with Crippen LogP contribution in [0.1, 0.15) is 28.0 Å². The van der Waals surface area contributed by atoms with Gasteiger partial charge >= 0.3 is 0 Å². The van der Waals surface area contributed by atoms with E-state index in [0.717, 1.165) is 0 Å². The Kier molecular flexibility index (Phi) is 5.13. The lowest BCUT2D eigenvalue weighted by Gasteiger charge is -2.18. The molecule has 2 atom stereocenters. The maximum Gasteiger partial charge on any atom is 0.257 e. The van der Waals surface area contributed by atoms with E-state index in [4.69, 9.17) is 20.9 Å². The Hall–Kier alpha value is -2.61. The first-order valence-corrected chi connectivity index (χ1v) is 8.47. The van der Waals surface area contributed by atoms with Gasteiger partial charge in [-0.15, -0.1) is 0 Å². The Morgan fingerprint density at radius 3 is 2.77 bits per heavy atom. The molecule has 138 valence electrons. The number of benzene rings is 1. The van der Waals surface area contributed by atoms with Gasteiger partial charge in [-0.2, -0.15) is 4.98 Å². The number of aromatic nitrogens is 2. The Morgan fingerprint density at radius 2 is 2.15 bits per heavy atom. The van der Waals surface area contributed by atoms with Gasteiger partial charge in [0.2, 0.25) is 11.8 Å². The average Bonchev–Trinajstić information content (AvgIpc) is 3.26. The van der Waals surface area contributed by atoms with E-state index in [0.29, 0.717) is 34.6 Å². The molecule has 1 aromatic carbocycles. The summed E-state index contributed by atoms with van der Waals surface area (Å²) in [6, 6.07) is 4.82. The van der Waals surface area contributed by atoms with Gasteiger partial charge in [0.1, 0.15) is 5.75 Å². The van der Waals surface area contributed by atoms with Gasteiger partial charge in [0.15, 0.2) is 5.82 Å². The van der Waals surface area contributed by atoms with Crippen LogP contribution >= 0.6 is 11.6 Å². The molecule has 2 amide bonds. The summed E-state index contributed by atoms with van der Waals surface area (Å²) in [7, 11) is 3.04. The smallest absolute Gasteiger partial charge is 0.257 e. The van der Waals surface area contributed by atoms with E-state index in [2.05, 4.69) is 15.5 Å². The van der Waals surface area contributed by atoms with Crippen LogP contribution in [0.4, 0.5) is 0 Å². The largest absolute Gasteiger partial charge is 0.496 e. The molecule has 3 rings (SSSR count). The standard InChI is InChI=1S/C17H19ClN4O4/c1-9-20-16(26-21-9)13-8-22(7-12(13)15(23)19-2)17(24)11-5-4-10(18)6-14(11)25-3/h4-6,12-13H,7-8H2,1-3H3,(H,19,23)/t12-,13-/m1/s1. The minimum absolute atomic E-state index is 0.177. The molecule has 1 N–H and O–H groups in total. The number of methoxy groups -OCH3 is 1. The number of aryl methyl sites for hydroxylation is 1. The summed E-state index contributed by atoms with van der Waals surface area (Å²) >= 11 is 5.96. The van der Waals surface area contributed by atoms with E-state index in [1.165, 1.54) is 7.11 Å². The molecule has 0 bridgehead atoms. The van der Waals surface area contributed by atoms with Crippen LogP contribution in [-0.4, -0.2) is 54.1 Å². The van der Waals surface area contributed by atoms with Gasteiger partial charge in [0.05, 0.1) is 24.5 Å². The predicted octanol–water partition coefficient (Wildman–Crippen LogP) is 1.64. The van der Waals surface area contributed by atoms with Crippen LogP contribution in [0.15, 0.2) is 22.7 Å². The first kappa shape index (κ1) is 18.2. The first-order chi connectivity index (χ1) is 12.4. The number of amides is 2. The third kappa shape index (κ3) is 3.37. The van der Waals surface area contributed by atoms with Crippen LogP contribution in [0, 0.1) is 12.8 Å². The third-order valence-electron chi connectivity index (χ3n) is 4.44. The summed E-state index contributed by atoms with van der Waals surface area (Å²) < 4.78 is 10.5. The van der Waals surface area contributed by atoms with Gasteiger partial charge in [-0.1, -0.05) is 16.8 Å². The molecule has 0 aliphatic carbocycles. The van der Waals surface area contributed by atoms with Gasteiger partial charge in [-0.05, 0) is 25.1 Å². The van der Waals surface area contributed by atoms with Crippen molar-refractivity contribution < 1.29 is 18.8 Å². The molecule has 0 radical (unpaired) electrons. The zero-order valence-corrected chi connectivity index (χ0v) is 15.4. The lowest BCUT2D eigenvalue weighted by Crippen LogP contribution is -2.33. The molecule has 9 heteroatoms. The molecular weight excluding hydrogens is 360 g/mol. The maximum absolute atomic E-state index is 13.0. The normalized spacial score (nSPS) is 19.5.